The van der Waals surface area contributed by atoms with Gasteiger partial charge in [-0.25, -0.2) is 9.69 Å². The minimum Gasteiger partial charge on any atom is -0.490 e. The second-order valence-corrected chi connectivity index (χ2v) is 9.81. The van der Waals surface area contributed by atoms with E-state index in [2.05, 4.69) is 21.2 Å². The Balaban J connectivity index is 1.73. The maximum atomic E-state index is 13.1. The van der Waals surface area contributed by atoms with Gasteiger partial charge in [-0.2, -0.15) is 8.42 Å². The molecule has 0 saturated carbocycles. The number of anilines is 1. The molecule has 0 atom stereocenters. The molecule has 3 aromatic rings. The highest BCUT2D eigenvalue weighted by Gasteiger charge is 2.36. The van der Waals surface area contributed by atoms with Crippen molar-refractivity contribution >= 4 is 55.7 Å². The molecule has 0 radical (unpaired) electrons. The number of benzene rings is 3. The molecule has 1 N–H and O–H groups in total. The number of halogens is 1. The van der Waals surface area contributed by atoms with Crippen LogP contribution >= 0.6 is 15.9 Å². The molecule has 0 unspecified atom stereocenters. The normalized spacial score (nSPS) is 15.1. The summed E-state index contributed by atoms with van der Waals surface area (Å²) in [6.07, 6.45) is 1.28. The average Bonchev–Trinajstić information content (AvgIpc) is 2.85. The van der Waals surface area contributed by atoms with Crippen LogP contribution in [0.2, 0.25) is 0 Å². The monoisotopic (exact) mass is 570 g/mol. The van der Waals surface area contributed by atoms with Gasteiger partial charge < -0.3 is 8.92 Å². The Labute approximate surface area is 215 Å². The molecule has 1 saturated heterocycles. The number of nitrogens with one attached hydrogen (secondary N) is 1. The molecule has 0 spiro atoms. The number of carbonyl (C=O) groups is 3. The Kier molecular flexibility index (Phi) is 7.22. The molecule has 1 aliphatic heterocycles. The van der Waals surface area contributed by atoms with Crippen molar-refractivity contribution in [2.24, 2.45) is 0 Å². The zero-order valence-corrected chi connectivity index (χ0v) is 21.2. The largest absolute Gasteiger partial charge is 0.490 e. The van der Waals surface area contributed by atoms with E-state index in [1.54, 1.807) is 55.5 Å². The fourth-order valence-corrected chi connectivity index (χ4v) is 5.02. The first kappa shape index (κ1) is 25.1. The predicted octanol–water partition coefficient (Wildman–Crippen LogP) is 4.28. The molecule has 0 aromatic heterocycles. The molecule has 4 rings (SSSR count). The number of para-hydroxylation sites is 1. The van der Waals surface area contributed by atoms with Crippen LogP contribution in [0.15, 0.2) is 87.7 Å². The van der Waals surface area contributed by atoms with Gasteiger partial charge >= 0.3 is 16.1 Å². The van der Waals surface area contributed by atoms with Crippen LogP contribution in [0.5, 0.6) is 11.5 Å². The Morgan fingerprint density at radius 3 is 2.25 bits per heavy atom. The molecule has 0 bridgehead atoms. The summed E-state index contributed by atoms with van der Waals surface area (Å²) in [5.41, 5.74) is 0.332. The molecular formula is C25H19BrN2O7S. The molecule has 9 nitrogen and oxygen atoms in total. The third-order valence-corrected chi connectivity index (χ3v) is 6.81. The van der Waals surface area contributed by atoms with Gasteiger partial charge in [0.05, 0.1) is 16.8 Å². The van der Waals surface area contributed by atoms with Crippen LogP contribution in [0.3, 0.4) is 0 Å². The van der Waals surface area contributed by atoms with E-state index in [0.29, 0.717) is 11.3 Å². The molecule has 4 amide bonds. The van der Waals surface area contributed by atoms with Crippen LogP contribution in [0.25, 0.3) is 6.08 Å². The number of hydrogen-bond donors (Lipinski definition) is 1. The zero-order valence-electron chi connectivity index (χ0n) is 18.8. The van der Waals surface area contributed by atoms with E-state index >= 15 is 0 Å². The number of barbiturate groups is 1. The maximum absolute atomic E-state index is 13.1. The minimum atomic E-state index is -4.17. The van der Waals surface area contributed by atoms with Crippen LogP contribution in [-0.2, 0) is 19.7 Å². The van der Waals surface area contributed by atoms with Crippen LogP contribution in [-0.4, -0.2) is 32.9 Å². The quantitative estimate of drug-likeness (QED) is 0.256. The van der Waals surface area contributed by atoms with E-state index in [1.165, 1.54) is 30.3 Å². The number of urea groups is 1. The molecule has 3 aromatic carbocycles. The molecule has 1 aliphatic rings. The Morgan fingerprint density at radius 2 is 1.61 bits per heavy atom. The summed E-state index contributed by atoms with van der Waals surface area (Å²) in [5.74, 6) is -1.70. The van der Waals surface area contributed by atoms with Crippen LogP contribution in [0.4, 0.5) is 10.5 Å². The number of nitrogens with zero attached hydrogens (tertiary/aromatic N) is 1. The summed E-state index contributed by atoms with van der Waals surface area (Å²) in [5, 5.41) is 2.16. The number of imide groups is 2. The molecular weight excluding hydrogens is 552 g/mol. The average molecular weight is 571 g/mol. The van der Waals surface area contributed by atoms with Crippen LogP contribution in [0.1, 0.15) is 12.5 Å². The van der Waals surface area contributed by atoms with Gasteiger partial charge in [-0.15, -0.1) is 0 Å². The highest BCUT2D eigenvalue weighted by molar-refractivity contribution is 9.10. The van der Waals surface area contributed by atoms with Gasteiger partial charge in [-0.05, 0) is 70.9 Å². The van der Waals surface area contributed by atoms with Crippen LogP contribution in [0, 0.1) is 0 Å². The summed E-state index contributed by atoms with van der Waals surface area (Å²) in [4.78, 5) is 38.8. The van der Waals surface area contributed by atoms with Gasteiger partial charge in [0.2, 0.25) is 0 Å². The van der Waals surface area contributed by atoms with Gasteiger partial charge in [-0.1, -0.05) is 36.4 Å². The molecule has 1 fully saturated rings. The van der Waals surface area contributed by atoms with E-state index in [-0.39, 0.29) is 33.0 Å². The van der Waals surface area contributed by atoms with Gasteiger partial charge in [0, 0.05) is 0 Å². The second-order valence-electron chi connectivity index (χ2n) is 7.41. The van der Waals surface area contributed by atoms with E-state index in [9.17, 15) is 22.8 Å². The lowest BCUT2D eigenvalue weighted by Crippen LogP contribution is -2.54. The number of hydrogen-bond acceptors (Lipinski definition) is 7. The SMILES string of the molecule is CCOc1cc(/C=C2\C(=O)NC(=O)N(c3ccccc3)C2=O)cc(Br)c1OS(=O)(=O)c1ccccc1. The number of ether oxygens (including phenoxy) is 1. The standard InChI is InChI=1S/C25H19BrN2O7S/c1-2-34-21-15-16(14-20(26)22(21)35-36(32,33)18-11-7-4-8-12-18)13-19-23(29)27-25(31)28(24(19)30)17-9-5-3-6-10-17/h3-15H,2H2,1H3,(H,27,29,31)/b19-13+. The number of amides is 4. The second kappa shape index (κ2) is 10.3. The first-order chi connectivity index (χ1) is 17.2. The first-order valence-corrected chi connectivity index (χ1v) is 12.8. The molecule has 36 heavy (non-hydrogen) atoms. The molecule has 11 heteroatoms. The van der Waals surface area contributed by atoms with E-state index in [0.717, 1.165) is 4.90 Å². The summed E-state index contributed by atoms with van der Waals surface area (Å²) >= 11 is 3.30. The Hall–Kier alpha value is -3.96. The fraction of sp³-hybridized carbons (Fsp3) is 0.0800. The van der Waals surface area contributed by atoms with Gasteiger partial charge in [0.15, 0.2) is 11.5 Å². The fourth-order valence-electron chi connectivity index (χ4n) is 3.40. The van der Waals surface area contributed by atoms with Gasteiger partial charge in [0.25, 0.3) is 11.8 Å². The lowest BCUT2D eigenvalue weighted by molar-refractivity contribution is -0.122. The molecule has 1 heterocycles. The van der Waals surface area contributed by atoms with Crippen LogP contribution < -0.4 is 19.1 Å². The van der Waals surface area contributed by atoms with Crippen molar-refractivity contribution in [2.75, 3.05) is 11.5 Å². The third kappa shape index (κ3) is 5.16. The number of rotatable bonds is 7. The first-order valence-electron chi connectivity index (χ1n) is 10.6. The maximum Gasteiger partial charge on any atom is 0.339 e. The third-order valence-electron chi connectivity index (χ3n) is 4.98. The summed E-state index contributed by atoms with van der Waals surface area (Å²) in [7, 11) is -4.17. The minimum absolute atomic E-state index is 0.0410. The van der Waals surface area contributed by atoms with Gasteiger partial charge in [-0.3, -0.25) is 14.9 Å². The molecule has 184 valence electrons. The Morgan fingerprint density at radius 1 is 0.972 bits per heavy atom. The Bertz CT molecular complexity index is 1470. The van der Waals surface area contributed by atoms with E-state index in [1.807, 2.05) is 0 Å². The van der Waals surface area contributed by atoms with Crippen molar-refractivity contribution in [2.45, 2.75) is 11.8 Å². The smallest absolute Gasteiger partial charge is 0.339 e. The van der Waals surface area contributed by atoms with Crippen molar-refractivity contribution in [3.8, 4) is 11.5 Å². The highest BCUT2D eigenvalue weighted by atomic mass is 79.9. The highest BCUT2D eigenvalue weighted by Crippen LogP contribution is 2.39. The lowest BCUT2D eigenvalue weighted by atomic mass is 10.1. The zero-order chi connectivity index (χ0) is 25.9. The topological polar surface area (TPSA) is 119 Å². The summed E-state index contributed by atoms with van der Waals surface area (Å²) in [6.45, 7) is 1.89. The summed E-state index contributed by atoms with van der Waals surface area (Å²) < 4.78 is 36.7. The van der Waals surface area contributed by atoms with Gasteiger partial charge in [0.1, 0.15) is 10.5 Å². The summed E-state index contributed by atoms with van der Waals surface area (Å²) in [6, 6.07) is 17.8. The predicted molar refractivity (Wildman–Crippen MR) is 135 cm³/mol. The van der Waals surface area contributed by atoms with E-state index < -0.39 is 28.0 Å². The van der Waals surface area contributed by atoms with Crippen molar-refractivity contribution in [1.29, 1.82) is 0 Å². The van der Waals surface area contributed by atoms with E-state index in [4.69, 9.17) is 8.92 Å². The number of carbonyl (C=O) groups excluding carboxylic acids is 3. The van der Waals surface area contributed by atoms with Crippen molar-refractivity contribution in [3.63, 3.8) is 0 Å². The lowest BCUT2D eigenvalue weighted by Gasteiger charge is -2.26. The molecule has 0 aliphatic carbocycles. The van der Waals surface area contributed by atoms with Crippen molar-refractivity contribution < 1.29 is 31.7 Å². The van der Waals surface area contributed by atoms with Crippen molar-refractivity contribution in [1.82, 2.24) is 5.32 Å². The van der Waals surface area contributed by atoms with Crippen molar-refractivity contribution in [3.05, 3.63) is 88.4 Å².